The van der Waals surface area contributed by atoms with Crippen LogP contribution in [0.15, 0.2) is 58.6 Å². The number of benzene rings is 2. The third-order valence-corrected chi connectivity index (χ3v) is 8.36. The van der Waals surface area contributed by atoms with Crippen LogP contribution in [0, 0.1) is 22.7 Å². The van der Waals surface area contributed by atoms with Crippen molar-refractivity contribution in [3.05, 3.63) is 70.4 Å². The van der Waals surface area contributed by atoms with E-state index >= 15 is 0 Å². The Hall–Kier alpha value is -4.40. The maximum absolute atomic E-state index is 13.4. The fourth-order valence-corrected chi connectivity index (χ4v) is 6.06. The molecule has 2 heterocycles. The average Bonchev–Trinajstić information content (AvgIpc) is 2.95. The highest BCUT2D eigenvalue weighted by Crippen LogP contribution is 2.38. The summed E-state index contributed by atoms with van der Waals surface area (Å²) in [4.78, 5) is 27.8. The molecule has 10 nitrogen and oxygen atoms in total. The summed E-state index contributed by atoms with van der Waals surface area (Å²) in [5.41, 5.74) is -1.37. The number of urea groups is 1. The van der Waals surface area contributed by atoms with Gasteiger partial charge in [0, 0.05) is 18.8 Å². The molecule has 4 rings (SSSR count). The Bertz CT molecular complexity index is 1600. The number of hydrogen-bond donors (Lipinski definition) is 2. The Morgan fingerprint density at radius 2 is 1.80 bits per heavy atom. The van der Waals surface area contributed by atoms with Crippen LogP contribution in [0.25, 0.3) is 0 Å². The van der Waals surface area contributed by atoms with Gasteiger partial charge in [-0.25, -0.2) is 17.9 Å². The molecule has 0 bridgehead atoms. The van der Waals surface area contributed by atoms with Crippen molar-refractivity contribution in [1.29, 1.82) is 10.5 Å². The number of sulfonamides is 1. The van der Waals surface area contributed by atoms with Crippen LogP contribution in [0.2, 0.25) is 0 Å². The van der Waals surface area contributed by atoms with Gasteiger partial charge in [-0.1, -0.05) is 12.1 Å². The van der Waals surface area contributed by atoms with E-state index in [1.54, 1.807) is 4.90 Å². The summed E-state index contributed by atoms with van der Waals surface area (Å²) >= 11 is 0. The van der Waals surface area contributed by atoms with Crippen molar-refractivity contribution in [3.63, 3.8) is 0 Å². The molecule has 2 aromatic carbocycles. The number of piperidine rings is 1. The molecule has 0 spiro atoms. The summed E-state index contributed by atoms with van der Waals surface area (Å²) in [5, 5.41) is 21.9. The summed E-state index contributed by atoms with van der Waals surface area (Å²) in [5.74, 6) is -0.414. The molecule has 0 aromatic heterocycles. The van der Waals surface area contributed by atoms with Crippen LogP contribution in [0.5, 0.6) is 0 Å². The molecular formula is C27H25F3N6O4S. The Labute approximate surface area is 234 Å². The molecule has 2 aliphatic heterocycles. The second-order valence-corrected chi connectivity index (χ2v) is 11.2. The Morgan fingerprint density at radius 3 is 2.44 bits per heavy atom. The largest absolute Gasteiger partial charge is 0.416 e. The minimum Gasteiger partial charge on any atom is -0.342 e. The first-order chi connectivity index (χ1) is 19.4. The number of nitriles is 2. The number of likely N-dealkylation sites (tertiary alicyclic amines) is 1. The lowest BCUT2D eigenvalue weighted by Gasteiger charge is -2.34. The van der Waals surface area contributed by atoms with Crippen molar-refractivity contribution in [1.82, 2.24) is 14.9 Å². The van der Waals surface area contributed by atoms with Gasteiger partial charge in [-0.05, 0) is 62.1 Å². The van der Waals surface area contributed by atoms with E-state index in [2.05, 4.69) is 10.0 Å². The second kappa shape index (κ2) is 11.6. The molecule has 0 radical (unpaired) electrons. The second-order valence-electron chi connectivity index (χ2n) is 9.51. The first-order valence-electron chi connectivity index (χ1n) is 12.6. The Balaban J connectivity index is 1.72. The van der Waals surface area contributed by atoms with Gasteiger partial charge in [0.25, 0.3) is 0 Å². The van der Waals surface area contributed by atoms with Crippen LogP contribution in [0.1, 0.15) is 48.9 Å². The zero-order chi connectivity index (χ0) is 29.9. The molecule has 1 fully saturated rings. The average molecular weight is 587 g/mol. The highest BCUT2D eigenvalue weighted by atomic mass is 32.2. The molecule has 2 N–H and O–H groups in total. The van der Waals surface area contributed by atoms with Crippen molar-refractivity contribution < 1.29 is 31.2 Å². The van der Waals surface area contributed by atoms with E-state index in [0.29, 0.717) is 13.1 Å². The van der Waals surface area contributed by atoms with Gasteiger partial charge in [-0.15, -0.1) is 0 Å². The number of alkyl halides is 3. The van der Waals surface area contributed by atoms with Crippen LogP contribution < -0.4 is 14.9 Å². The smallest absolute Gasteiger partial charge is 0.342 e. The quantitative estimate of drug-likeness (QED) is 0.524. The first-order valence-corrected chi connectivity index (χ1v) is 14.1. The molecule has 1 unspecified atom stereocenters. The first kappa shape index (κ1) is 29.6. The number of allylic oxidation sites excluding steroid dienone is 1. The summed E-state index contributed by atoms with van der Waals surface area (Å²) in [7, 11) is -4.43. The standard InChI is InChI=1S/C27H25F3N6O4S/c1-17-22(15-32)25(34-26(38)36(17)20-7-5-6-19(13-20)27(28,29)30)21-9-8-18(14-31)12-23(21)41(39,40)33-16-24(37)35-10-3-2-4-11-35/h5-9,12-13,25,33H,2-4,10-11,16H2,1H3,(H,34,38). The minimum atomic E-state index is -4.67. The fourth-order valence-electron chi connectivity index (χ4n) is 4.82. The van der Waals surface area contributed by atoms with E-state index in [1.165, 1.54) is 25.1 Å². The zero-order valence-corrected chi connectivity index (χ0v) is 22.6. The number of rotatable bonds is 6. The van der Waals surface area contributed by atoms with Crippen molar-refractivity contribution in [2.75, 3.05) is 24.5 Å². The normalized spacial score (nSPS) is 18.0. The van der Waals surface area contributed by atoms with Crippen molar-refractivity contribution in [3.8, 4) is 12.1 Å². The summed E-state index contributed by atoms with van der Waals surface area (Å²) in [6.07, 6.45) is -2.07. The monoisotopic (exact) mass is 586 g/mol. The van der Waals surface area contributed by atoms with Gasteiger partial charge in [0.05, 0.1) is 52.0 Å². The predicted octanol–water partition coefficient (Wildman–Crippen LogP) is 3.94. The summed E-state index contributed by atoms with van der Waals surface area (Å²) in [6, 6.07) is 9.21. The van der Waals surface area contributed by atoms with Crippen molar-refractivity contribution in [2.45, 2.75) is 43.3 Å². The van der Waals surface area contributed by atoms with Gasteiger partial charge >= 0.3 is 12.2 Å². The molecule has 0 saturated carbocycles. The van der Waals surface area contributed by atoms with Crippen LogP contribution in [0.3, 0.4) is 0 Å². The number of carbonyl (C=O) groups is 2. The molecule has 3 amide bonds. The fraction of sp³-hybridized carbons (Fsp3) is 0.333. The van der Waals surface area contributed by atoms with E-state index in [1.807, 2.05) is 12.1 Å². The van der Waals surface area contributed by atoms with E-state index in [9.17, 15) is 41.7 Å². The molecule has 1 atom stereocenters. The summed E-state index contributed by atoms with van der Waals surface area (Å²) < 4.78 is 69.0. The number of hydrogen-bond acceptors (Lipinski definition) is 6. The van der Waals surface area contributed by atoms with Crippen LogP contribution in [-0.2, 0) is 21.0 Å². The van der Waals surface area contributed by atoms with Gasteiger partial charge in [0.1, 0.15) is 0 Å². The van der Waals surface area contributed by atoms with Gasteiger partial charge < -0.3 is 10.2 Å². The van der Waals surface area contributed by atoms with Gasteiger partial charge in [0.15, 0.2) is 0 Å². The molecule has 2 aromatic rings. The van der Waals surface area contributed by atoms with E-state index in [-0.39, 0.29) is 28.1 Å². The van der Waals surface area contributed by atoms with Crippen LogP contribution in [0.4, 0.5) is 23.7 Å². The highest BCUT2D eigenvalue weighted by molar-refractivity contribution is 7.89. The number of halogens is 3. The molecule has 0 aliphatic carbocycles. The van der Waals surface area contributed by atoms with E-state index in [4.69, 9.17) is 0 Å². The third-order valence-electron chi connectivity index (χ3n) is 6.90. The lowest BCUT2D eigenvalue weighted by atomic mass is 9.94. The van der Waals surface area contributed by atoms with Crippen LogP contribution in [-0.4, -0.2) is 44.9 Å². The lowest BCUT2D eigenvalue weighted by molar-refractivity contribution is -0.137. The molecule has 2 aliphatic rings. The molecule has 14 heteroatoms. The highest BCUT2D eigenvalue weighted by Gasteiger charge is 2.37. The maximum Gasteiger partial charge on any atom is 0.416 e. The van der Waals surface area contributed by atoms with Gasteiger partial charge in [0.2, 0.25) is 15.9 Å². The minimum absolute atomic E-state index is 0.0125. The molecular weight excluding hydrogens is 561 g/mol. The zero-order valence-electron chi connectivity index (χ0n) is 21.8. The van der Waals surface area contributed by atoms with Crippen molar-refractivity contribution >= 4 is 27.6 Å². The van der Waals surface area contributed by atoms with E-state index in [0.717, 1.165) is 48.4 Å². The Morgan fingerprint density at radius 1 is 1.10 bits per heavy atom. The van der Waals surface area contributed by atoms with Gasteiger partial charge in [-0.3, -0.25) is 9.69 Å². The summed E-state index contributed by atoms with van der Waals surface area (Å²) in [6.45, 7) is 1.86. The number of nitrogens with zero attached hydrogens (tertiary/aromatic N) is 4. The Kier molecular flexibility index (Phi) is 8.37. The predicted molar refractivity (Wildman–Crippen MR) is 140 cm³/mol. The molecule has 214 valence electrons. The molecule has 1 saturated heterocycles. The maximum atomic E-state index is 13.4. The topological polar surface area (TPSA) is 146 Å². The number of amides is 3. The SMILES string of the molecule is CC1=C(C#N)C(c2ccc(C#N)cc2S(=O)(=O)NCC(=O)N2CCCCC2)NC(=O)N1c1cccc(C(F)(F)F)c1. The number of anilines is 1. The van der Waals surface area contributed by atoms with E-state index < -0.39 is 51.2 Å². The van der Waals surface area contributed by atoms with Gasteiger partial charge in [-0.2, -0.15) is 23.7 Å². The van der Waals surface area contributed by atoms with Crippen molar-refractivity contribution in [2.24, 2.45) is 0 Å². The van der Waals surface area contributed by atoms with Crippen LogP contribution >= 0.6 is 0 Å². The number of nitrogens with one attached hydrogen (secondary N) is 2. The molecule has 41 heavy (non-hydrogen) atoms. The number of carbonyl (C=O) groups excluding carboxylic acids is 2. The lowest BCUT2D eigenvalue weighted by Crippen LogP contribution is -2.47. The third kappa shape index (κ3) is 6.19.